The minimum atomic E-state index is -0.225. The summed E-state index contributed by atoms with van der Waals surface area (Å²) in [5.74, 6) is 0. The first kappa shape index (κ1) is 19.3. The molecule has 1 heterocycles. The van der Waals surface area contributed by atoms with Crippen LogP contribution in [-0.2, 0) is 4.32 Å². The van der Waals surface area contributed by atoms with E-state index in [1.54, 1.807) is 0 Å². The molecule has 0 spiro atoms. The molecular formula is C30H22BrN. The number of aromatic nitrogens is 1. The number of fused-ring (bicyclic) bond motifs is 3. The number of hydrogen-bond donors (Lipinski definition) is 0. The molecule has 0 bridgehead atoms. The summed E-state index contributed by atoms with van der Waals surface area (Å²) in [6.07, 6.45) is 7.60. The molecular weight excluding hydrogens is 454 g/mol. The first-order valence-electron chi connectivity index (χ1n) is 10.9. The van der Waals surface area contributed by atoms with E-state index in [-0.39, 0.29) is 4.32 Å². The summed E-state index contributed by atoms with van der Waals surface area (Å²) in [4.78, 5) is 0. The quantitative estimate of drug-likeness (QED) is 0.230. The molecule has 1 aromatic heterocycles. The van der Waals surface area contributed by atoms with E-state index in [1.807, 2.05) is 0 Å². The van der Waals surface area contributed by atoms with Crippen molar-refractivity contribution in [2.75, 3.05) is 0 Å². The summed E-state index contributed by atoms with van der Waals surface area (Å²) in [6.45, 7) is 0. The summed E-state index contributed by atoms with van der Waals surface area (Å²) in [5, 5.41) is 2.56. The van der Waals surface area contributed by atoms with Gasteiger partial charge in [-0.1, -0.05) is 107 Å². The van der Waals surface area contributed by atoms with E-state index in [0.29, 0.717) is 0 Å². The largest absolute Gasteiger partial charge is 0.309 e. The van der Waals surface area contributed by atoms with Crippen molar-refractivity contribution in [1.29, 1.82) is 0 Å². The number of rotatable bonds is 3. The number of benzene rings is 4. The van der Waals surface area contributed by atoms with E-state index < -0.39 is 0 Å². The van der Waals surface area contributed by atoms with Crippen molar-refractivity contribution in [2.45, 2.75) is 10.7 Å². The van der Waals surface area contributed by atoms with Gasteiger partial charge in [-0.2, -0.15) is 0 Å². The lowest BCUT2D eigenvalue weighted by Gasteiger charge is -2.29. The highest BCUT2D eigenvalue weighted by Crippen LogP contribution is 2.45. The molecule has 154 valence electrons. The third-order valence-electron chi connectivity index (χ3n) is 6.42. The average Bonchev–Trinajstić information content (AvgIpc) is 3.19. The third kappa shape index (κ3) is 3.14. The molecule has 0 aliphatic heterocycles. The van der Waals surface area contributed by atoms with Crippen LogP contribution in [0, 0.1) is 0 Å². The van der Waals surface area contributed by atoms with Crippen molar-refractivity contribution in [3.05, 3.63) is 132 Å². The predicted octanol–water partition coefficient (Wildman–Crippen LogP) is 8.42. The van der Waals surface area contributed by atoms with Crippen molar-refractivity contribution in [3.8, 4) is 5.69 Å². The predicted molar refractivity (Wildman–Crippen MR) is 140 cm³/mol. The van der Waals surface area contributed by atoms with Gasteiger partial charge in [-0.3, -0.25) is 0 Å². The first-order valence-corrected chi connectivity index (χ1v) is 11.7. The first-order chi connectivity index (χ1) is 15.7. The molecule has 4 aromatic carbocycles. The minimum Gasteiger partial charge on any atom is -0.309 e. The minimum absolute atomic E-state index is 0.225. The van der Waals surface area contributed by atoms with Gasteiger partial charge in [0.1, 0.15) is 0 Å². The highest BCUT2D eigenvalue weighted by molar-refractivity contribution is 9.09. The van der Waals surface area contributed by atoms with E-state index in [0.717, 1.165) is 6.42 Å². The summed E-state index contributed by atoms with van der Waals surface area (Å²) in [5.41, 5.74) is 7.55. The topological polar surface area (TPSA) is 4.93 Å². The molecule has 1 unspecified atom stereocenters. The molecule has 0 saturated heterocycles. The molecule has 1 aliphatic rings. The Labute approximate surface area is 196 Å². The van der Waals surface area contributed by atoms with Gasteiger partial charge < -0.3 is 4.57 Å². The van der Waals surface area contributed by atoms with E-state index in [1.165, 1.54) is 44.2 Å². The van der Waals surface area contributed by atoms with Crippen LogP contribution >= 0.6 is 15.9 Å². The second-order valence-electron chi connectivity index (χ2n) is 8.38. The van der Waals surface area contributed by atoms with Crippen molar-refractivity contribution < 1.29 is 0 Å². The number of hydrogen-bond acceptors (Lipinski definition) is 0. The molecule has 0 radical (unpaired) electrons. The lowest BCUT2D eigenvalue weighted by molar-refractivity contribution is 0.812. The van der Waals surface area contributed by atoms with Gasteiger partial charge in [-0.25, -0.2) is 0 Å². The molecule has 0 N–H and O–H groups in total. The summed E-state index contributed by atoms with van der Waals surface area (Å²) < 4.78 is 2.14. The molecule has 5 aromatic rings. The lowest BCUT2D eigenvalue weighted by Crippen LogP contribution is -2.17. The van der Waals surface area contributed by atoms with E-state index in [4.69, 9.17) is 0 Å². The van der Waals surface area contributed by atoms with Crippen LogP contribution in [0.5, 0.6) is 0 Å². The number of halogens is 1. The van der Waals surface area contributed by atoms with Gasteiger partial charge in [0, 0.05) is 16.5 Å². The van der Waals surface area contributed by atoms with Crippen LogP contribution in [0.3, 0.4) is 0 Å². The molecule has 2 heteroatoms. The zero-order valence-corrected chi connectivity index (χ0v) is 19.2. The van der Waals surface area contributed by atoms with Gasteiger partial charge in [0.05, 0.1) is 15.4 Å². The number of allylic oxidation sites excluding steroid dienone is 4. The summed E-state index contributed by atoms with van der Waals surface area (Å²) in [7, 11) is 0. The summed E-state index contributed by atoms with van der Waals surface area (Å²) in [6, 6.07) is 36.9. The Hall–Kier alpha value is -3.36. The van der Waals surface area contributed by atoms with Gasteiger partial charge in [0.25, 0.3) is 0 Å². The van der Waals surface area contributed by atoms with Crippen LogP contribution in [-0.4, -0.2) is 4.57 Å². The van der Waals surface area contributed by atoms with Crippen LogP contribution in [0.1, 0.15) is 17.5 Å². The SMILES string of the molecule is BrC1(c2ccc3c(c2)c2ccccc2n3-c2ccccc2)C=CC=C(c2ccccc2)C1. The smallest absolute Gasteiger partial charge is 0.0729 e. The zero-order chi connectivity index (χ0) is 21.5. The van der Waals surface area contributed by atoms with Crippen molar-refractivity contribution in [2.24, 2.45) is 0 Å². The lowest BCUT2D eigenvalue weighted by atomic mass is 9.85. The van der Waals surface area contributed by atoms with Crippen LogP contribution in [0.2, 0.25) is 0 Å². The van der Waals surface area contributed by atoms with E-state index in [9.17, 15) is 0 Å². The maximum atomic E-state index is 4.11. The van der Waals surface area contributed by atoms with Gasteiger partial charge in [-0.15, -0.1) is 0 Å². The molecule has 1 nitrogen and oxygen atoms in total. The van der Waals surface area contributed by atoms with Gasteiger partial charge >= 0.3 is 0 Å². The normalized spacial score (nSPS) is 18.2. The molecule has 6 rings (SSSR count). The standard InChI is InChI=1S/C30H22BrN/c31-30(19-9-12-23(21-30)22-10-3-1-4-11-22)24-17-18-29-27(20-24)26-15-7-8-16-28(26)32(29)25-13-5-2-6-14-25/h1-20H,21H2. The molecule has 0 fully saturated rings. The number of alkyl halides is 1. The second-order valence-corrected chi connectivity index (χ2v) is 9.79. The van der Waals surface area contributed by atoms with Gasteiger partial charge in [0.2, 0.25) is 0 Å². The van der Waals surface area contributed by atoms with Crippen LogP contribution in [0.4, 0.5) is 0 Å². The van der Waals surface area contributed by atoms with Crippen molar-refractivity contribution >= 4 is 43.3 Å². The fraction of sp³-hybridized carbons (Fsp3) is 0.0667. The zero-order valence-electron chi connectivity index (χ0n) is 17.6. The molecule has 1 atom stereocenters. The van der Waals surface area contributed by atoms with E-state index in [2.05, 4.69) is 142 Å². The summed E-state index contributed by atoms with van der Waals surface area (Å²) >= 11 is 4.11. The average molecular weight is 476 g/mol. The molecule has 0 amide bonds. The monoisotopic (exact) mass is 475 g/mol. The Morgan fingerprint density at radius 3 is 2.19 bits per heavy atom. The third-order valence-corrected chi connectivity index (χ3v) is 7.42. The second kappa shape index (κ2) is 7.65. The van der Waals surface area contributed by atoms with Crippen LogP contribution < -0.4 is 0 Å². The van der Waals surface area contributed by atoms with Gasteiger partial charge in [0.15, 0.2) is 0 Å². The highest BCUT2D eigenvalue weighted by atomic mass is 79.9. The fourth-order valence-electron chi connectivity index (χ4n) is 4.85. The number of nitrogens with zero attached hydrogens (tertiary/aromatic N) is 1. The van der Waals surface area contributed by atoms with Crippen LogP contribution in [0.25, 0.3) is 33.1 Å². The molecule has 0 saturated carbocycles. The van der Waals surface area contributed by atoms with Crippen molar-refractivity contribution in [1.82, 2.24) is 4.57 Å². The maximum Gasteiger partial charge on any atom is 0.0729 e. The van der Waals surface area contributed by atoms with Gasteiger partial charge in [-0.05, 0) is 53.5 Å². The molecule has 1 aliphatic carbocycles. The Bertz CT molecular complexity index is 1490. The highest BCUT2D eigenvalue weighted by Gasteiger charge is 2.30. The van der Waals surface area contributed by atoms with Crippen LogP contribution in [0.15, 0.2) is 121 Å². The number of para-hydroxylation sites is 2. The molecule has 32 heavy (non-hydrogen) atoms. The Balaban J connectivity index is 1.50. The fourth-order valence-corrected chi connectivity index (χ4v) is 5.55. The maximum absolute atomic E-state index is 4.11. The van der Waals surface area contributed by atoms with E-state index >= 15 is 0 Å². The Morgan fingerprint density at radius 1 is 0.688 bits per heavy atom. The Kier molecular flexibility index (Phi) is 4.62. The Morgan fingerprint density at radius 2 is 1.38 bits per heavy atom. The van der Waals surface area contributed by atoms with Crippen molar-refractivity contribution in [3.63, 3.8) is 0 Å².